The van der Waals surface area contributed by atoms with E-state index in [9.17, 15) is 9.59 Å². The van der Waals surface area contributed by atoms with Gasteiger partial charge >= 0.3 is 5.97 Å². The third-order valence-electron chi connectivity index (χ3n) is 3.72. The van der Waals surface area contributed by atoms with Gasteiger partial charge in [-0.25, -0.2) is 4.79 Å². The molecule has 1 atom stereocenters. The van der Waals surface area contributed by atoms with Crippen LogP contribution in [0.1, 0.15) is 35.2 Å². The van der Waals surface area contributed by atoms with Crippen molar-refractivity contribution >= 4 is 17.6 Å². The van der Waals surface area contributed by atoms with Crippen molar-refractivity contribution in [1.82, 2.24) is 4.90 Å². The first-order chi connectivity index (χ1) is 9.54. The number of likely N-dealkylation sites (tertiary alicyclic amines) is 1. The molecule has 1 fully saturated rings. The minimum Gasteiger partial charge on any atom is -0.467 e. The fourth-order valence-corrected chi connectivity index (χ4v) is 2.64. The van der Waals surface area contributed by atoms with Crippen molar-refractivity contribution in [2.45, 2.75) is 32.2 Å². The van der Waals surface area contributed by atoms with Crippen molar-refractivity contribution < 1.29 is 14.3 Å². The number of hydrogen-bond acceptors (Lipinski definition) is 4. The number of anilines is 1. The number of amides is 1. The Bertz CT molecular complexity index is 528. The molecule has 108 valence electrons. The average molecular weight is 276 g/mol. The second-order valence-electron chi connectivity index (χ2n) is 5.11. The van der Waals surface area contributed by atoms with Gasteiger partial charge in [-0.15, -0.1) is 0 Å². The highest BCUT2D eigenvalue weighted by atomic mass is 16.5. The van der Waals surface area contributed by atoms with Gasteiger partial charge in [0.2, 0.25) is 0 Å². The Labute approximate surface area is 118 Å². The summed E-state index contributed by atoms with van der Waals surface area (Å²) in [5.74, 6) is -0.469. The van der Waals surface area contributed by atoms with Crippen molar-refractivity contribution in [2.75, 3.05) is 19.4 Å². The number of methoxy groups -OCH3 is 1. The molecule has 0 aromatic heterocycles. The third kappa shape index (κ3) is 2.76. The SMILES string of the molecule is COC(=O)C1CCCCN1C(=O)c1ccc(N)cc1C. The molecule has 0 radical (unpaired) electrons. The maximum absolute atomic E-state index is 12.6. The van der Waals surface area contributed by atoms with Gasteiger partial charge in [0, 0.05) is 17.8 Å². The van der Waals surface area contributed by atoms with Gasteiger partial charge < -0.3 is 15.4 Å². The first-order valence-electron chi connectivity index (χ1n) is 6.79. The largest absolute Gasteiger partial charge is 0.467 e. The molecule has 1 saturated heterocycles. The van der Waals surface area contributed by atoms with E-state index in [1.165, 1.54) is 7.11 Å². The molecule has 5 nitrogen and oxygen atoms in total. The van der Waals surface area contributed by atoms with E-state index in [1.54, 1.807) is 23.1 Å². The lowest BCUT2D eigenvalue weighted by Crippen LogP contribution is -2.48. The maximum Gasteiger partial charge on any atom is 0.328 e. The number of benzene rings is 1. The van der Waals surface area contributed by atoms with Crippen LogP contribution in [0.25, 0.3) is 0 Å². The van der Waals surface area contributed by atoms with Crippen LogP contribution in [0.2, 0.25) is 0 Å². The first-order valence-corrected chi connectivity index (χ1v) is 6.79. The van der Waals surface area contributed by atoms with Crippen LogP contribution in [0.15, 0.2) is 18.2 Å². The normalized spacial score (nSPS) is 18.7. The summed E-state index contributed by atoms with van der Waals surface area (Å²) >= 11 is 0. The Hall–Kier alpha value is -2.04. The molecule has 1 aromatic rings. The lowest BCUT2D eigenvalue weighted by molar-refractivity contribution is -0.147. The van der Waals surface area contributed by atoms with Crippen LogP contribution in [0.4, 0.5) is 5.69 Å². The van der Waals surface area contributed by atoms with E-state index >= 15 is 0 Å². The van der Waals surface area contributed by atoms with Crippen LogP contribution in [0.5, 0.6) is 0 Å². The van der Waals surface area contributed by atoms with Crippen LogP contribution in [-0.4, -0.2) is 36.5 Å². The van der Waals surface area contributed by atoms with Gasteiger partial charge in [0.15, 0.2) is 0 Å². The molecule has 1 aliphatic rings. The summed E-state index contributed by atoms with van der Waals surface area (Å²) in [6.45, 7) is 2.43. The summed E-state index contributed by atoms with van der Waals surface area (Å²) in [7, 11) is 1.36. The Morgan fingerprint density at radius 2 is 2.10 bits per heavy atom. The Morgan fingerprint density at radius 1 is 1.35 bits per heavy atom. The molecule has 20 heavy (non-hydrogen) atoms. The van der Waals surface area contributed by atoms with Gasteiger partial charge in [0.05, 0.1) is 7.11 Å². The highest BCUT2D eigenvalue weighted by Crippen LogP contribution is 2.22. The molecule has 2 rings (SSSR count). The second-order valence-corrected chi connectivity index (χ2v) is 5.11. The standard InChI is InChI=1S/C15H20N2O3/c1-10-9-11(16)6-7-12(10)14(18)17-8-4-3-5-13(17)15(19)20-2/h6-7,9,13H,3-5,8,16H2,1-2H3. The van der Waals surface area contributed by atoms with Gasteiger partial charge in [-0.3, -0.25) is 4.79 Å². The van der Waals surface area contributed by atoms with E-state index in [1.807, 2.05) is 6.92 Å². The van der Waals surface area contributed by atoms with Crippen molar-refractivity contribution in [3.8, 4) is 0 Å². The number of nitrogen functional groups attached to an aromatic ring is 1. The van der Waals surface area contributed by atoms with Crippen LogP contribution >= 0.6 is 0 Å². The number of esters is 1. The summed E-state index contributed by atoms with van der Waals surface area (Å²) in [6.07, 6.45) is 2.50. The van der Waals surface area contributed by atoms with Gasteiger partial charge in [-0.2, -0.15) is 0 Å². The van der Waals surface area contributed by atoms with Gasteiger partial charge in [0.1, 0.15) is 6.04 Å². The minimum atomic E-state index is -0.474. The fraction of sp³-hybridized carbons (Fsp3) is 0.467. The average Bonchev–Trinajstić information content (AvgIpc) is 2.46. The molecule has 5 heteroatoms. The molecule has 1 aliphatic heterocycles. The van der Waals surface area contributed by atoms with E-state index in [0.29, 0.717) is 24.2 Å². The number of carbonyl (C=O) groups excluding carboxylic acids is 2. The smallest absolute Gasteiger partial charge is 0.328 e. The van der Waals surface area contributed by atoms with E-state index in [-0.39, 0.29) is 11.9 Å². The van der Waals surface area contributed by atoms with Crippen LogP contribution in [0.3, 0.4) is 0 Å². The van der Waals surface area contributed by atoms with Crippen molar-refractivity contribution in [2.24, 2.45) is 0 Å². The molecule has 0 spiro atoms. The van der Waals surface area contributed by atoms with Crippen LogP contribution in [-0.2, 0) is 9.53 Å². The van der Waals surface area contributed by atoms with E-state index < -0.39 is 6.04 Å². The number of carbonyl (C=O) groups is 2. The number of aryl methyl sites for hydroxylation is 1. The highest BCUT2D eigenvalue weighted by Gasteiger charge is 2.33. The quantitative estimate of drug-likeness (QED) is 0.659. The summed E-state index contributed by atoms with van der Waals surface area (Å²) in [5, 5.41) is 0. The number of hydrogen-bond donors (Lipinski definition) is 1. The van der Waals surface area contributed by atoms with Gasteiger partial charge in [-0.05, 0) is 49.9 Å². The number of ether oxygens (including phenoxy) is 1. The molecule has 1 unspecified atom stereocenters. The molecule has 0 saturated carbocycles. The number of nitrogens with two attached hydrogens (primary N) is 1. The number of nitrogens with zero attached hydrogens (tertiary/aromatic N) is 1. The zero-order chi connectivity index (χ0) is 14.7. The molecule has 1 amide bonds. The lowest BCUT2D eigenvalue weighted by Gasteiger charge is -2.34. The lowest BCUT2D eigenvalue weighted by atomic mass is 9.99. The highest BCUT2D eigenvalue weighted by molar-refractivity contribution is 5.98. The first kappa shape index (κ1) is 14.4. The zero-order valence-corrected chi connectivity index (χ0v) is 11.9. The predicted molar refractivity (Wildman–Crippen MR) is 76.3 cm³/mol. The van der Waals surface area contributed by atoms with Crippen molar-refractivity contribution in [3.63, 3.8) is 0 Å². The van der Waals surface area contributed by atoms with Crippen molar-refractivity contribution in [3.05, 3.63) is 29.3 Å². The van der Waals surface area contributed by atoms with E-state index in [0.717, 1.165) is 18.4 Å². The Morgan fingerprint density at radius 3 is 2.75 bits per heavy atom. The Balaban J connectivity index is 2.27. The monoisotopic (exact) mass is 276 g/mol. The minimum absolute atomic E-state index is 0.127. The van der Waals surface area contributed by atoms with Crippen LogP contribution in [0, 0.1) is 6.92 Å². The molecule has 0 bridgehead atoms. The molecule has 2 N–H and O–H groups in total. The van der Waals surface area contributed by atoms with E-state index in [2.05, 4.69) is 0 Å². The molecule has 1 aromatic carbocycles. The fourth-order valence-electron chi connectivity index (χ4n) is 2.64. The number of piperidine rings is 1. The summed E-state index contributed by atoms with van der Waals surface area (Å²) in [5.41, 5.74) is 7.75. The third-order valence-corrected chi connectivity index (χ3v) is 3.72. The Kier molecular flexibility index (Phi) is 4.27. The maximum atomic E-state index is 12.6. The van der Waals surface area contributed by atoms with Gasteiger partial charge in [-0.1, -0.05) is 0 Å². The van der Waals surface area contributed by atoms with E-state index in [4.69, 9.17) is 10.5 Å². The molecule has 1 heterocycles. The topological polar surface area (TPSA) is 72.6 Å². The van der Waals surface area contributed by atoms with Crippen LogP contribution < -0.4 is 5.73 Å². The molecular weight excluding hydrogens is 256 g/mol. The molecule has 0 aliphatic carbocycles. The summed E-state index contributed by atoms with van der Waals surface area (Å²) < 4.78 is 4.80. The second kappa shape index (κ2) is 5.94. The molecular formula is C15H20N2O3. The zero-order valence-electron chi connectivity index (χ0n) is 11.9. The summed E-state index contributed by atoms with van der Waals surface area (Å²) in [4.78, 5) is 26.1. The predicted octanol–water partition coefficient (Wildman–Crippen LogP) is 1.74. The van der Waals surface area contributed by atoms with Crippen molar-refractivity contribution in [1.29, 1.82) is 0 Å². The number of rotatable bonds is 2. The van der Waals surface area contributed by atoms with Gasteiger partial charge in [0.25, 0.3) is 5.91 Å². The summed E-state index contributed by atoms with van der Waals surface area (Å²) in [6, 6.07) is 4.72.